The standard InChI is InChI=1S/C13H20BrN3O3S/c1-20-11-2-3-13(12(14)10-11)21(18,19)16-6-9-17-7-4-15-5-8-17/h2-3,10,15-16H,4-9H2,1H3. The van der Waals surface area contributed by atoms with E-state index in [4.69, 9.17) is 4.74 Å². The number of sulfonamides is 1. The number of piperazine rings is 1. The summed E-state index contributed by atoms with van der Waals surface area (Å²) in [7, 11) is -1.97. The topological polar surface area (TPSA) is 70.7 Å². The van der Waals surface area contributed by atoms with Crippen molar-refractivity contribution >= 4 is 26.0 Å². The lowest BCUT2D eigenvalue weighted by atomic mass is 10.3. The lowest BCUT2D eigenvalue weighted by Gasteiger charge is -2.27. The Morgan fingerprint density at radius 1 is 1.38 bits per heavy atom. The molecule has 118 valence electrons. The molecule has 0 bridgehead atoms. The molecular weight excluding hydrogens is 358 g/mol. The van der Waals surface area contributed by atoms with Crippen LogP contribution in [-0.2, 0) is 10.0 Å². The second-order valence-corrected chi connectivity index (χ2v) is 7.38. The third-order valence-corrected chi connectivity index (χ3v) is 5.80. The van der Waals surface area contributed by atoms with E-state index in [2.05, 4.69) is 30.9 Å². The summed E-state index contributed by atoms with van der Waals surface area (Å²) < 4.78 is 32.8. The Bertz CT molecular complexity index is 574. The molecule has 1 aliphatic rings. The number of ether oxygens (including phenoxy) is 1. The summed E-state index contributed by atoms with van der Waals surface area (Å²) in [6.45, 7) is 4.94. The molecule has 2 N–H and O–H groups in total. The SMILES string of the molecule is COc1ccc(S(=O)(=O)NCCN2CCNCC2)c(Br)c1. The van der Waals surface area contributed by atoms with Gasteiger partial charge in [-0.2, -0.15) is 0 Å². The van der Waals surface area contributed by atoms with Crippen LogP contribution in [0.3, 0.4) is 0 Å². The van der Waals surface area contributed by atoms with Gasteiger partial charge in [-0.05, 0) is 34.1 Å². The molecule has 0 saturated carbocycles. The van der Waals surface area contributed by atoms with Crippen LogP contribution >= 0.6 is 15.9 Å². The van der Waals surface area contributed by atoms with E-state index >= 15 is 0 Å². The first-order chi connectivity index (χ1) is 10.0. The van der Waals surface area contributed by atoms with Crippen molar-refractivity contribution in [2.24, 2.45) is 0 Å². The predicted octanol–water partition coefficient (Wildman–Crippen LogP) is 0.641. The maximum Gasteiger partial charge on any atom is 0.241 e. The number of methoxy groups -OCH3 is 1. The average molecular weight is 378 g/mol. The van der Waals surface area contributed by atoms with Gasteiger partial charge in [0.15, 0.2) is 0 Å². The minimum atomic E-state index is -3.51. The molecule has 1 saturated heterocycles. The third kappa shape index (κ3) is 4.65. The predicted molar refractivity (Wildman–Crippen MR) is 85.2 cm³/mol. The van der Waals surface area contributed by atoms with Gasteiger partial charge in [-0.3, -0.25) is 4.90 Å². The summed E-state index contributed by atoms with van der Waals surface area (Å²) >= 11 is 3.27. The van der Waals surface area contributed by atoms with Crippen LogP contribution in [0.2, 0.25) is 0 Å². The highest BCUT2D eigenvalue weighted by molar-refractivity contribution is 9.10. The molecule has 6 nitrogen and oxygen atoms in total. The van der Waals surface area contributed by atoms with E-state index in [9.17, 15) is 8.42 Å². The van der Waals surface area contributed by atoms with Crippen molar-refractivity contribution in [3.8, 4) is 5.75 Å². The molecule has 0 spiro atoms. The zero-order valence-corrected chi connectivity index (χ0v) is 14.3. The van der Waals surface area contributed by atoms with Gasteiger partial charge in [0, 0.05) is 43.7 Å². The molecule has 1 heterocycles. The highest BCUT2D eigenvalue weighted by atomic mass is 79.9. The van der Waals surface area contributed by atoms with E-state index in [0.717, 1.165) is 26.2 Å². The van der Waals surface area contributed by atoms with Crippen LogP contribution in [0, 0.1) is 0 Å². The van der Waals surface area contributed by atoms with Crippen molar-refractivity contribution in [2.45, 2.75) is 4.90 Å². The van der Waals surface area contributed by atoms with E-state index in [-0.39, 0.29) is 4.90 Å². The van der Waals surface area contributed by atoms with Crippen LogP contribution in [-0.4, -0.2) is 59.7 Å². The normalized spacial score (nSPS) is 16.9. The van der Waals surface area contributed by atoms with E-state index < -0.39 is 10.0 Å². The Morgan fingerprint density at radius 2 is 2.10 bits per heavy atom. The molecule has 21 heavy (non-hydrogen) atoms. The molecule has 2 rings (SSSR count). The highest BCUT2D eigenvalue weighted by Crippen LogP contribution is 2.26. The van der Waals surface area contributed by atoms with Crippen LogP contribution in [0.5, 0.6) is 5.75 Å². The summed E-state index contributed by atoms with van der Waals surface area (Å²) in [5.74, 6) is 0.613. The van der Waals surface area contributed by atoms with E-state index in [1.807, 2.05) is 0 Å². The Labute approximate surface area is 134 Å². The van der Waals surface area contributed by atoms with Gasteiger partial charge >= 0.3 is 0 Å². The van der Waals surface area contributed by atoms with Crippen molar-refractivity contribution in [3.63, 3.8) is 0 Å². The van der Waals surface area contributed by atoms with Gasteiger partial charge in [-0.1, -0.05) is 0 Å². The zero-order valence-electron chi connectivity index (χ0n) is 11.9. The average Bonchev–Trinajstić information content (AvgIpc) is 2.47. The summed E-state index contributed by atoms with van der Waals surface area (Å²) in [5, 5.41) is 3.27. The molecule has 0 unspecified atom stereocenters. The minimum absolute atomic E-state index is 0.226. The Hall–Kier alpha value is -0.670. The molecule has 0 atom stereocenters. The van der Waals surface area contributed by atoms with Gasteiger partial charge in [0.25, 0.3) is 0 Å². The third-order valence-electron chi connectivity index (χ3n) is 3.36. The smallest absolute Gasteiger partial charge is 0.241 e. The first kappa shape index (κ1) is 16.7. The number of nitrogens with one attached hydrogen (secondary N) is 2. The van der Waals surface area contributed by atoms with Crippen molar-refractivity contribution in [1.82, 2.24) is 14.9 Å². The largest absolute Gasteiger partial charge is 0.497 e. The lowest BCUT2D eigenvalue weighted by Crippen LogP contribution is -2.46. The number of hydrogen-bond donors (Lipinski definition) is 2. The fraction of sp³-hybridized carbons (Fsp3) is 0.538. The van der Waals surface area contributed by atoms with Crippen molar-refractivity contribution in [1.29, 1.82) is 0 Å². The molecule has 0 radical (unpaired) electrons. The molecule has 0 amide bonds. The first-order valence-corrected chi connectivity index (χ1v) is 9.07. The van der Waals surface area contributed by atoms with Crippen molar-refractivity contribution in [2.75, 3.05) is 46.4 Å². The number of halogens is 1. The van der Waals surface area contributed by atoms with Crippen LogP contribution in [0.4, 0.5) is 0 Å². The number of nitrogens with zero attached hydrogens (tertiary/aromatic N) is 1. The summed E-state index contributed by atoms with van der Waals surface area (Å²) in [4.78, 5) is 2.46. The summed E-state index contributed by atoms with van der Waals surface area (Å²) in [6, 6.07) is 4.82. The molecule has 1 aromatic carbocycles. The molecule has 1 aromatic rings. The van der Waals surface area contributed by atoms with E-state index in [1.165, 1.54) is 6.07 Å². The fourth-order valence-corrected chi connectivity index (χ4v) is 4.25. The molecule has 8 heteroatoms. The van der Waals surface area contributed by atoms with Crippen LogP contribution < -0.4 is 14.8 Å². The number of hydrogen-bond acceptors (Lipinski definition) is 5. The van der Waals surface area contributed by atoms with Crippen molar-refractivity contribution in [3.05, 3.63) is 22.7 Å². The molecular formula is C13H20BrN3O3S. The lowest BCUT2D eigenvalue weighted by molar-refractivity contribution is 0.245. The number of benzene rings is 1. The second kappa shape index (κ2) is 7.55. The fourth-order valence-electron chi connectivity index (χ4n) is 2.18. The van der Waals surface area contributed by atoms with Crippen LogP contribution in [0.15, 0.2) is 27.6 Å². The summed E-state index contributed by atoms with van der Waals surface area (Å²) in [5.41, 5.74) is 0. The Kier molecular flexibility index (Phi) is 6.00. The minimum Gasteiger partial charge on any atom is -0.497 e. The molecule has 0 aromatic heterocycles. The van der Waals surface area contributed by atoms with E-state index in [1.54, 1.807) is 19.2 Å². The molecule has 1 aliphatic heterocycles. The highest BCUT2D eigenvalue weighted by Gasteiger charge is 2.18. The van der Waals surface area contributed by atoms with Gasteiger partial charge < -0.3 is 10.1 Å². The second-order valence-electron chi connectivity index (χ2n) is 4.79. The van der Waals surface area contributed by atoms with Crippen molar-refractivity contribution < 1.29 is 13.2 Å². The Morgan fingerprint density at radius 3 is 2.71 bits per heavy atom. The zero-order chi connectivity index (χ0) is 15.3. The molecule has 0 aliphatic carbocycles. The maximum absolute atomic E-state index is 12.3. The van der Waals surface area contributed by atoms with Gasteiger partial charge in [-0.25, -0.2) is 13.1 Å². The summed E-state index contributed by atoms with van der Waals surface area (Å²) in [6.07, 6.45) is 0. The monoisotopic (exact) mass is 377 g/mol. The quantitative estimate of drug-likeness (QED) is 0.761. The van der Waals surface area contributed by atoms with Gasteiger partial charge in [0.05, 0.1) is 12.0 Å². The number of rotatable bonds is 6. The van der Waals surface area contributed by atoms with E-state index in [0.29, 0.717) is 23.3 Å². The van der Waals surface area contributed by atoms with Gasteiger partial charge in [-0.15, -0.1) is 0 Å². The first-order valence-electron chi connectivity index (χ1n) is 6.79. The maximum atomic E-state index is 12.3. The molecule has 1 fully saturated rings. The van der Waals surface area contributed by atoms with Gasteiger partial charge in [0.2, 0.25) is 10.0 Å². The van der Waals surface area contributed by atoms with Crippen LogP contribution in [0.1, 0.15) is 0 Å². The van der Waals surface area contributed by atoms with Crippen LogP contribution in [0.25, 0.3) is 0 Å². The Balaban J connectivity index is 1.94. The van der Waals surface area contributed by atoms with Gasteiger partial charge in [0.1, 0.15) is 5.75 Å².